The summed E-state index contributed by atoms with van der Waals surface area (Å²) in [6.07, 6.45) is 7.78. The van der Waals surface area contributed by atoms with Crippen molar-refractivity contribution < 1.29 is 9.18 Å². The molecule has 4 heterocycles. The number of alkyl halides is 1. The van der Waals surface area contributed by atoms with Crippen molar-refractivity contribution in [3.05, 3.63) is 66.4 Å². The first-order chi connectivity index (χ1) is 19.9. The van der Waals surface area contributed by atoms with E-state index in [2.05, 4.69) is 52.7 Å². The predicted octanol–water partition coefficient (Wildman–Crippen LogP) is 4.29. The molecule has 1 aromatic carbocycles. The van der Waals surface area contributed by atoms with E-state index in [1.165, 1.54) is 6.33 Å². The van der Waals surface area contributed by atoms with Gasteiger partial charge >= 0.3 is 0 Å². The van der Waals surface area contributed by atoms with Crippen LogP contribution in [0, 0.1) is 0 Å². The van der Waals surface area contributed by atoms with E-state index in [0.717, 1.165) is 53.7 Å². The van der Waals surface area contributed by atoms with Crippen LogP contribution in [0.1, 0.15) is 48.5 Å². The molecule has 1 saturated heterocycles. The summed E-state index contributed by atoms with van der Waals surface area (Å²) in [7, 11) is 1.63. The third-order valence-corrected chi connectivity index (χ3v) is 7.44. The molecule has 0 radical (unpaired) electrons. The van der Waals surface area contributed by atoms with Crippen molar-refractivity contribution in [3.63, 3.8) is 0 Å². The number of nitrogens with one attached hydrogen (secondary N) is 3. The number of hydrogen-bond donors (Lipinski definition) is 3. The van der Waals surface area contributed by atoms with Gasteiger partial charge in [0.15, 0.2) is 0 Å². The van der Waals surface area contributed by atoms with Gasteiger partial charge in [0.25, 0.3) is 5.91 Å². The standard InChI is InChI=1S/C30H36FN9O/c1-19(23-5-4-6-24-25(29(41)32-3)7-10-33-28(23)24)14-34-27-13-26(37-18-38-27)21-15-35-30(36-16-21)39-22-8-11-40(12-9-22)17-20(2)31/h4-7,10,13,15-16,18-20,22H,8-9,11-12,14,17H2,1-3H3,(H,32,41)(H,34,37,38)(H,35,36,39)/t19-,20?/m1/s1. The van der Waals surface area contributed by atoms with Crippen molar-refractivity contribution >= 4 is 28.6 Å². The van der Waals surface area contributed by atoms with Crippen molar-refractivity contribution in [2.24, 2.45) is 0 Å². The number of likely N-dealkylation sites (tertiary alicyclic amines) is 1. The maximum absolute atomic E-state index is 13.3. The number of carbonyl (C=O) groups excluding carboxylic acids is 1. The Hall–Kier alpha value is -4.25. The monoisotopic (exact) mass is 557 g/mol. The Bertz CT molecular complexity index is 1470. The number of nitrogens with zero attached hydrogens (tertiary/aromatic N) is 6. The minimum Gasteiger partial charge on any atom is -0.369 e. The summed E-state index contributed by atoms with van der Waals surface area (Å²) in [6.45, 7) is 6.56. The summed E-state index contributed by atoms with van der Waals surface area (Å²) in [5.74, 6) is 1.24. The lowest BCUT2D eigenvalue weighted by molar-refractivity contribution is 0.0964. The Morgan fingerprint density at radius 3 is 2.59 bits per heavy atom. The molecule has 1 amide bonds. The number of hydrogen-bond acceptors (Lipinski definition) is 9. The van der Waals surface area contributed by atoms with Crippen LogP contribution in [0.4, 0.5) is 16.2 Å². The van der Waals surface area contributed by atoms with Crippen LogP contribution in [0.25, 0.3) is 22.2 Å². The van der Waals surface area contributed by atoms with Gasteiger partial charge in [-0.05, 0) is 31.4 Å². The summed E-state index contributed by atoms with van der Waals surface area (Å²) >= 11 is 0. The van der Waals surface area contributed by atoms with E-state index in [1.807, 2.05) is 24.3 Å². The molecule has 11 heteroatoms. The second kappa shape index (κ2) is 12.9. The summed E-state index contributed by atoms with van der Waals surface area (Å²) in [4.78, 5) is 36.9. The minimum absolute atomic E-state index is 0.102. The number of halogens is 1. The van der Waals surface area contributed by atoms with Crippen LogP contribution in [-0.2, 0) is 0 Å². The van der Waals surface area contributed by atoms with Crippen LogP contribution in [-0.4, -0.2) is 81.2 Å². The number of piperidine rings is 1. The van der Waals surface area contributed by atoms with Crippen LogP contribution in [0.5, 0.6) is 0 Å². The molecule has 3 N–H and O–H groups in total. The van der Waals surface area contributed by atoms with E-state index >= 15 is 0 Å². The first-order valence-corrected chi connectivity index (χ1v) is 14.0. The van der Waals surface area contributed by atoms with E-state index in [1.54, 1.807) is 38.6 Å². The zero-order valence-corrected chi connectivity index (χ0v) is 23.6. The quantitative estimate of drug-likeness (QED) is 0.262. The van der Waals surface area contributed by atoms with Crippen LogP contribution in [0.15, 0.2) is 55.2 Å². The highest BCUT2D eigenvalue weighted by atomic mass is 19.1. The fraction of sp³-hybridized carbons (Fsp3) is 0.400. The average Bonchev–Trinajstić information content (AvgIpc) is 3.00. The normalized spacial score (nSPS) is 15.8. The molecule has 41 heavy (non-hydrogen) atoms. The zero-order chi connectivity index (χ0) is 28.8. The molecule has 0 aliphatic carbocycles. The number of carbonyl (C=O) groups is 1. The molecule has 0 bridgehead atoms. The second-order valence-corrected chi connectivity index (χ2v) is 10.5. The fourth-order valence-electron chi connectivity index (χ4n) is 5.24. The van der Waals surface area contributed by atoms with Gasteiger partial charge < -0.3 is 20.9 Å². The molecule has 0 spiro atoms. The predicted molar refractivity (Wildman–Crippen MR) is 159 cm³/mol. The minimum atomic E-state index is -0.803. The fourth-order valence-corrected chi connectivity index (χ4v) is 5.24. The number of benzene rings is 1. The molecule has 4 aromatic rings. The molecule has 3 aromatic heterocycles. The van der Waals surface area contributed by atoms with Gasteiger partial charge in [-0.3, -0.25) is 9.78 Å². The average molecular weight is 558 g/mol. The number of para-hydroxylation sites is 1. The Kier molecular flexibility index (Phi) is 8.93. The first-order valence-electron chi connectivity index (χ1n) is 14.0. The number of amides is 1. The van der Waals surface area contributed by atoms with Crippen molar-refractivity contribution in [1.82, 2.24) is 35.1 Å². The van der Waals surface area contributed by atoms with E-state index in [0.29, 0.717) is 30.4 Å². The number of fused-ring (bicyclic) bond motifs is 1. The number of rotatable bonds is 10. The second-order valence-electron chi connectivity index (χ2n) is 10.5. The van der Waals surface area contributed by atoms with Crippen molar-refractivity contribution in [3.8, 4) is 11.3 Å². The highest BCUT2D eigenvalue weighted by molar-refractivity contribution is 6.06. The molecule has 214 valence electrons. The summed E-state index contributed by atoms with van der Waals surface area (Å²) < 4.78 is 13.3. The lowest BCUT2D eigenvalue weighted by Crippen LogP contribution is -2.41. The van der Waals surface area contributed by atoms with E-state index in [-0.39, 0.29) is 17.9 Å². The van der Waals surface area contributed by atoms with Crippen molar-refractivity contribution in [2.45, 2.75) is 44.8 Å². The molecule has 10 nitrogen and oxygen atoms in total. The van der Waals surface area contributed by atoms with Gasteiger partial charge in [0, 0.05) is 80.8 Å². The van der Waals surface area contributed by atoms with Gasteiger partial charge in [-0.1, -0.05) is 25.1 Å². The van der Waals surface area contributed by atoms with Crippen LogP contribution >= 0.6 is 0 Å². The van der Waals surface area contributed by atoms with E-state index in [4.69, 9.17) is 0 Å². The number of anilines is 2. The molecule has 1 aliphatic rings. The molecule has 1 unspecified atom stereocenters. The van der Waals surface area contributed by atoms with Crippen molar-refractivity contribution in [2.75, 3.05) is 43.9 Å². The molecular weight excluding hydrogens is 521 g/mol. The highest BCUT2D eigenvalue weighted by Gasteiger charge is 2.21. The maximum atomic E-state index is 13.3. The van der Waals surface area contributed by atoms with Gasteiger partial charge in [0.05, 0.1) is 16.8 Å². The highest BCUT2D eigenvalue weighted by Crippen LogP contribution is 2.27. The van der Waals surface area contributed by atoms with Gasteiger partial charge in [-0.25, -0.2) is 24.3 Å². The topological polar surface area (TPSA) is 121 Å². The van der Waals surface area contributed by atoms with Crippen LogP contribution < -0.4 is 16.0 Å². The molecular formula is C30H36FN9O. The lowest BCUT2D eigenvalue weighted by Gasteiger charge is -2.32. The molecule has 2 atom stereocenters. The Balaban J connectivity index is 1.20. The van der Waals surface area contributed by atoms with Crippen molar-refractivity contribution in [1.29, 1.82) is 0 Å². The Morgan fingerprint density at radius 2 is 1.85 bits per heavy atom. The Labute approximate surface area is 239 Å². The third-order valence-electron chi connectivity index (χ3n) is 7.44. The summed E-state index contributed by atoms with van der Waals surface area (Å²) in [5.41, 5.74) is 3.99. The Morgan fingerprint density at radius 1 is 1.07 bits per heavy atom. The molecule has 5 rings (SSSR count). The van der Waals surface area contributed by atoms with Gasteiger partial charge in [0.2, 0.25) is 5.95 Å². The van der Waals surface area contributed by atoms with Gasteiger partial charge in [0.1, 0.15) is 18.3 Å². The zero-order valence-electron chi connectivity index (χ0n) is 23.6. The molecule has 1 aliphatic heterocycles. The first kappa shape index (κ1) is 28.3. The number of aromatic nitrogens is 5. The van der Waals surface area contributed by atoms with Crippen LogP contribution in [0.3, 0.4) is 0 Å². The van der Waals surface area contributed by atoms with E-state index < -0.39 is 6.17 Å². The molecule has 1 fully saturated rings. The van der Waals surface area contributed by atoms with Gasteiger partial charge in [-0.15, -0.1) is 0 Å². The maximum Gasteiger partial charge on any atom is 0.251 e. The SMILES string of the molecule is CNC(=O)c1ccnc2c([C@H](C)CNc3cc(-c4cnc(NC5CCN(CC(C)F)CC5)nc4)ncn3)cccc12. The third kappa shape index (κ3) is 6.91. The smallest absolute Gasteiger partial charge is 0.251 e. The van der Waals surface area contributed by atoms with Gasteiger partial charge in [-0.2, -0.15) is 0 Å². The molecule has 0 saturated carbocycles. The lowest BCUT2D eigenvalue weighted by atomic mass is 9.96. The summed E-state index contributed by atoms with van der Waals surface area (Å²) in [5, 5.41) is 10.3. The van der Waals surface area contributed by atoms with E-state index in [9.17, 15) is 9.18 Å². The number of pyridine rings is 1. The van der Waals surface area contributed by atoms with Crippen LogP contribution in [0.2, 0.25) is 0 Å². The largest absolute Gasteiger partial charge is 0.369 e. The summed E-state index contributed by atoms with van der Waals surface area (Å²) in [6, 6.07) is 9.82.